The molecule has 5 aromatic rings. The number of ether oxygens (including phenoxy) is 1. The van der Waals surface area contributed by atoms with Crippen LogP contribution in [0.3, 0.4) is 0 Å². The zero-order valence-corrected chi connectivity index (χ0v) is 18.5. The Bertz CT molecular complexity index is 1350. The third-order valence-corrected chi connectivity index (χ3v) is 6.52. The van der Waals surface area contributed by atoms with Crippen LogP contribution in [0.4, 0.5) is 5.69 Å². The summed E-state index contributed by atoms with van der Waals surface area (Å²) < 4.78 is 6.99. The molecule has 158 valence electrons. The van der Waals surface area contributed by atoms with Gasteiger partial charge in [-0.05, 0) is 54.8 Å². The van der Waals surface area contributed by atoms with Gasteiger partial charge in [-0.15, -0.1) is 11.3 Å². The molecule has 0 saturated heterocycles. The summed E-state index contributed by atoms with van der Waals surface area (Å²) in [4.78, 5) is 19.4. The van der Waals surface area contributed by atoms with Crippen molar-refractivity contribution in [2.45, 2.75) is 6.92 Å². The van der Waals surface area contributed by atoms with E-state index in [-0.39, 0.29) is 12.5 Å². The fraction of sp³-hybridized carbons (Fsp3) is 0.111. The van der Waals surface area contributed by atoms with Gasteiger partial charge >= 0.3 is 0 Å². The molecule has 0 unspecified atom stereocenters. The number of anilines is 1. The lowest BCUT2D eigenvalue weighted by Crippen LogP contribution is -2.34. The maximum Gasteiger partial charge on any atom is 0.264 e. The van der Waals surface area contributed by atoms with E-state index in [1.165, 1.54) is 4.70 Å². The third kappa shape index (κ3) is 3.95. The van der Waals surface area contributed by atoms with Gasteiger partial charge in [-0.25, -0.2) is 4.98 Å². The molecule has 1 aromatic heterocycles. The molecule has 0 N–H and O–H groups in total. The number of carbonyl (C=O) groups is 1. The number of amides is 1. The summed E-state index contributed by atoms with van der Waals surface area (Å²) >= 11 is 1.67. The molecule has 4 aromatic carbocycles. The minimum absolute atomic E-state index is 0.0163. The summed E-state index contributed by atoms with van der Waals surface area (Å²) in [6, 6.07) is 30.0. The maximum atomic E-state index is 13.0. The Labute approximate surface area is 190 Å². The van der Waals surface area contributed by atoms with Gasteiger partial charge in [0.05, 0.1) is 15.9 Å². The van der Waals surface area contributed by atoms with Crippen LogP contribution in [0.2, 0.25) is 0 Å². The van der Waals surface area contributed by atoms with E-state index in [2.05, 4.69) is 18.2 Å². The van der Waals surface area contributed by atoms with Crippen LogP contribution in [-0.4, -0.2) is 24.0 Å². The van der Waals surface area contributed by atoms with Crippen molar-refractivity contribution in [1.82, 2.24) is 4.98 Å². The molecule has 32 heavy (non-hydrogen) atoms. The van der Waals surface area contributed by atoms with Gasteiger partial charge in [0.1, 0.15) is 10.8 Å². The lowest BCUT2D eigenvalue weighted by Gasteiger charge is -2.23. The fourth-order valence-corrected chi connectivity index (χ4v) is 4.81. The molecular weight excluding hydrogens is 416 g/mol. The van der Waals surface area contributed by atoms with Gasteiger partial charge in [-0.1, -0.05) is 48.5 Å². The van der Waals surface area contributed by atoms with Gasteiger partial charge in [-0.2, -0.15) is 0 Å². The quantitative estimate of drug-likeness (QED) is 0.302. The van der Waals surface area contributed by atoms with E-state index in [0.717, 1.165) is 32.5 Å². The largest absolute Gasteiger partial charge is 0.484 e. The van der Waals surface area contributed by atoms with Crippen LogP contribution in [0, 0.1) is 0 Å². The number of para-hydroxylation sites is 1. The number of likely N-dealkylation sites (N-methyl/N-ethyl adjacent to an activating group) is 1. The second-order valence-corrected chi connectivity index (χ2v) is 8.47. The average molecular weight is 439 g/mol. The van der Waals surface area contributed by atoms with Gasteiger partial charge in [0.2, 0.25) is 0 Å². The van der Waals surface area contributed by atoms with Crippen molar-refractivity contribution >= 4 is 43.9 Å². The summed E-state index contributed by atoms with van der Waals surface area (Å²) in [5, 5.41) is 3.15. The van der Waals surface area contributed by atoms with Crippen molar-refractivity contribution in [3.05, 3.63) is 91.0 Å². The molecule has 1 heterocycles. The molecule has 0 aliphatic heterocycles. The summed E-state index contributed by atoms with van der Waals surface area (Å²) in [7, 11) is 0. The Balaban J connectivity index is 1.29. The van der Waals surface area contributed by atoms with E-state index in [1.807, 2.05) is 79.7 Å². The van der Waals surface area contributed by atoms with E-state index in [9.17, 15) is 4.79 Å². The molecule has 0 fully saturated rings. The first-order valence-electron chi connectivity index (χ1n) is 10.6. The number of nitrogens with zero attached hydrogens (tertiary/aromatic N) is 2. The van der Waals surface area contributed by atoms with Gasteiger partial charge in [0.15, 0.2) is 6.61 Å². The topological polar surface area (TPSA) is 42.4 Å². The number of benzene rings is 4. The number of thiazole rings is 1. The highest BCUT2D eigenvalue weighted by Crippen LogP contribution is 2.31. The summed E-state index contributed by atoms with van der Waals surface area (Å²) in [5.74, 6) is 0.594. The van der Waals surface area contributed by atoms with E-state index in [0.29, 0.717) is 12.3 Å². The van der Waals surface area contributed by atoms with Crippen molar-refractivity contribution < 1.29 is 9.53 Å². The predicted molar refractivity (Wildman–Crippen MR) is 133 cm³/mol. The van der Waals surface area contributed by atoms with Gasteiger partial charge in [-0.3, -0.25) is 4.79 Å². The van der Waals surface area contributed by atoms with Crippen LogP contribution in [0.1, 0.15) is 6.92 Å². The SMILES string of the molecule is CCN(C(=O)COc1ccc(-c2nc3ccccc3s2)cc1)c1cccc2ccccc12. The fourth-order valence-electron chi connectivity index (χ4n) is 3.84. The van der Waals surface area contributed by atoms with Crippen molar-refractivity contribution in [2.75, 3.05) is 18.1 Å². The van der Waals surface area contributed by atoms with Crippen molar-refractivity contribution in [3.63, 3.8) is 0 Å². The molecule has 0 saturated carbocycles. The molecule has 5 rings (SSSR count). The van der Waals surface area contributed by atoms with Crippen LogP contribution >= 0.6 is 11.3 Å². The summed E-state index contributed by atoms with van der Waals surface area (Å²) in [5.41, 5.74) is 2.95. The number of fused-ring (bicyclic) bond motifs is 2. The number of carbonyl (C=O) groups excluding carboxylic acids is 1. The molecule has 0 bridgehead atoms. The molecule has 4 nitrogen and oxygen atoms in total. The van der Waals surface area contributed by atoms with Crippen LogP contribution < -0.4 is 9.64 Å². The van der Waals surface area contributed by atoms with E-state index < -0.39 is 0 Å². The zero-order chi connectivity index (χ0) is 21.9. The van der Waals surface area contributed by atoms with Gasteiger partial charge < -0.3 is 9.64 Å². The smallest absolute Gasteiger partial charge is 0.264 e. The monoisotopic (exact) mass is 438 g/mol. The molecule has 0 radical (unpaired) electrons. The van der Waals surface area contributed by atoms with Gasteiger partial charge in [0.25, 0.3) is 5.91 Å². The average Bonchev–Trinajstić information content (AvgIpc) is 3.28. The summed E-state index contributed by atoms with van der Waals surface area (Å²) in [6.45, 7) is 2.54. The van der Waals surface area contributed by atoms with E-state index >= 15 is 0 Å². The maximum absolute atomic E-state index is 13.0. The third-order valence-electron chi connectivity index (χ3n) is 5.43. The molecule has 0 aliphatic carbocycles. The Morgan fingerprint density at radius 2 is 1.66 bits per heavy atom. The van der Waals surface area contributed by atoms with Crippen LogP contribution in [-0.2, 0) is 4.79 Å². The van der Waals surface area contributed by atoms with E-state index in [1.54, 1.807) is 16.2 Å². The van der Waals surface area contributed by atoms with Crippen LogP contribution in [0.25, 0.3) is 31.6 Å². The number of hydrogen-bond donors (Lipinski definition) is 0. The number of aromatic nitrogens is 1. The minimum atomic E-state index is -0.0703. The molecule has 0 spiro atoms. The Kier molecular flexibility index (Phi) is 5.57. The zero-order valence-electron chi connectivity index (χ0n) is 17.7. The lowest BCUT2D eigenvalue weighted by molar-refractivity contribution is -0.120. The lowest BCUT2D eigenvalue weighted by atomic mass is 10.1. The highest BCUT2D eigenvalue weighted by molar-refractivity contribution is 7.21. The van der Waals surface area contributed by atoms with Gasteiger partial charge in [0, 0.05) is 17.5 Å². The van der Waals surface area contributed by atoms with Crippen molar-refractivity contribution in [1.29, 1.82) is 0 Å². The summed E-state index contributed by atoms with van der Waals surface area (Å²) in [6.07, 6.45) is 0. The first-order valence-corrected chi connectivity index (χ1v) is 11.4. The predicted octanol–water partition coefficient (Wildman–Crippen LogP) is 6.55. The Hall–Kier alpha value is -3.70. The number of rotatable bonds is 6. The highest BCUT2D eigenvalue weighted by Gasteiger charge is 2.17. The second kappa shape index (κ2) is 8.81. The highest BCUT2D eigenvalue weighted by atomic mass is 32.1. The second-order valence-electron chi connectivity index (χ2n) is 7.44. The normalized spacial score (nSPS) is 11.0. The van der Waals surface area contributed by atoms with E-state index in [4.69, 9.17) is 9.72 Å². The van der Waals surface area contributed by atoms with Crippen LogP contribution in [0.5, 0.6) is 5.75 Å². The van der Waals surface area contributed by atoms with Crippen LogP contribution in [0.15, 0.2) is 91.0 Å². The van der Waals surface area contributed by atoms with Crippen molar-refractivity contribution in [3.8, 4) is 16.3 Å². The Morgan fingerprint density at radius 3 is 2.47 bits per heavy atom. The number of hydrogen-bond acceptors (Lipinski definition) is 4. The minimum Gasteiger partial charge on any atom is -0.484 e. The molecule has 0 atom stereocenters. The van der Waals surface area contributed by atoms with Crippen molar-refractivity contribution in [2.24, 2.45) is 0 Å². The molecule has 1 amide bonds. The first kappa shape index (κ1) is 20.2. The first-order chi connectivity index (χ1) is 15.7. The molecule has 5 heteroatoms. The molecule has 0 aliphatic rings. The standard InChI is InChI=1S/C27H22N2O2S/c1-2-29(24-12-7-9-19-8-3-4-10-22(19)24)26(30)18-31-21-16-14-20(15-17-21)27-28-23-11-5-6-13-25(23)32-27/h3-17H,2,18H2,1H3. The molecular formula is C27H22N2O2S. The Morgan fingerprint density at radius 1 is 0.906 bits per heavy atom.